The summed E-state index contributed by atoms with van der Waals surface area (Å²) in [7, 11) is 0. The lowest BCUT2D eigenvalue weighted by Gasteiger charge is -2.10. The Balaban J connectivity index is 2.43. The van der Waals surface area contributed by atoms with Crippen molar-refractivity contribution in [3.63, 3.8) is 0 Å². The number of fused-ring (bicyclic) bond motifs is 1. The monoisotopic (exact) mass is 328 g/mol. The van der Waals surface area contributed by atoms with Crippen LogP contribution in [-0.4, -0.2) is 9.38 Å². The summed E-state index contributed by atoms with van der Waals surface area (Å²) >= 11 is 12.1. The fourth-order valence-corrected chi connectivity index (χ4v) is 2.72. The van der Waals surface area contributed by atoms with Crippen LogP contribution in [0.3, 0.4) is 0 Å². The largest absolute Gasteiger partial charge is 0.306 e. The lowest BCUT2D eigenvalue weighted by atomic mass is 10.0. The van der Waals surface area contributed by atoms with E-state index in [0.717, 1.165) is 0 Å². The molecule has 2 aromatic heterocycles. The zero-order valence-electron chi connectivity index (χ0n) is 10.9. The third-order valence-corrected chi connectivity index (χ3v) is 3.68. The van der Waals surface area contributed by atoms with E-state index in [2.05, 4.69) is 21.1 Å². The van der Waals surface area contributed by atoms with E-state index in [1.165, 1.54) is 0 Å². The lowest BCUT2D eigenvalue weighted by Crippen LogP contribution is -1.93. The van der Waals surface area contributed by atoms with Crippen LogP contribution in [0.1, 0.15) is 5.56 Å². The third kappa shape index (κ3) is 2.24. The molecule has 0 fully saturated rings. The van der Waals surface area contributed by atoms with Gasteiger partial charge in [0.15, 0.2) is 0 Å². The molecule has 0 unspecified atom stereocenters. The second-order valence-corrected chi connectivity index (χ2v) is 5.19. The Bertz CT molecular complexity index is 979. The van der Waals surface area contributed by atoms with E-state index in [1.807, 2.05) is 0 Å². The predicted molar refractivity (Wildman–Crippen MR) is 84.2 cm³/mol. The van der Waals surface area contributed by atoms with E-state index < -0.39 is 0 Å². The van der Waals surface area contributed by atoms with Crippen LogP contribution in [0.4, 0.5) is 5.69 Å². The van der Waals surface area contributed by atoms with Gasteiger partial charge in [0.25, 0.3) is 0 Å². The standard InChI is InChI=1S/C14H6Cl2N6/c15-8-1-2-9(12(16)5-8)11-7-22-4-3-19-14(22)13(20-21-18)10(11)6-17/h1-5,7H. The first-order chi connectivity index (χ1) is 10.7. The molecule has 0 aliphatic rings. The number of imidazole rings is 1. The molecule has 3 aromatic rings. The van der Waals surface area contributed by atoms with E-state index in [4.69, 9.17) is 28.7 Å². The summed E-state index contributed by atoms with van der Waals surface area (Å²) < 4.78 is 1.67. The van der Waals surface area contributed by atoms with Crippen molar-refractivity contribution in [2.45, 2.75) is 0 Å². The molecule has 0 spiro atoms. The van der Waals surface area contributed by atoms with E-state index in [1.54, 1.807) is 41.2 Å². The van der Waals surface area contributed by atoms with Gasteiger partial charge in [-0.25, -0.2) is 4.98 Å². The molecule has 2 heterocycles. The molecule has 0 aliphatic carbocycles. The Morgan fingerprint density at radius 3 is 2.82 bits per heavy atom. The molecular formula is C14H6Cl2N6. The van der Waals surface area contributed by atoms with E-state index in [-0.39, 0.29) is 11.3 Å². The number of benzene rings is 1. The molecule has 0 N–H and O–H groups in total. The first kappa shape index (κ1) is 14.2. The fraction of sp³-hybridized carbons (Fsp3) is 0. The van der Waals surface area contributed by atoms with Crippen molar-refractivity contribution < 1.29 is 0 Å². The molecule has 22 heavy (non-hydrogen) atoms. The van der Waals surface area contributed by atoms with E-state index in [9.17, 15) is 5.26 Å². The maximum absolute atomic E-state index is 9.49. The molecule has 0 radical (unpaired) electrons. The van der Waals surface area contributed by atoms with Gasteiger partial charge in [-0.05, 0) is 17.7 Å². The van der Waals surface area contributed by atoms with Crippen LogP contribution >= 0.6 is 23.2 Å². The van der Waals surface area contributed by atoms with Crippen LogP contribution in [-0.2, 0) is 0 Å². The van der Waals surface area contributed by atoms with Gasteiger partial charge in [0.05, 0.1) is 11.3 Å². The highest BCUT2D eigenvalue weighted by Crippen LogP contribution is 2.37. The number of hydrogen-bond donors (Lipinski definition) is 0. The number of nitriles is 1. The summed E-state index contributed by atoms with van der Waals surface area (Å²) in [5.74, 6) is 0. The Kier molecular flexibility index (Phi) is 3.61. The van der Waals surface area contributed by atoms with Crippen molar-refractivity contribution in [3.8, 4) is 17.2 Å². The molecule has 106 valence electrons. The highest BCUT2D eigenvalue weighted by molar-refractivity contribution is 6.36. The van der Waals surface area contributed by atoms with Crippen LogP contribution in [0.5, 0.6) is 0 Å². The van der Waals surface area contributed by atoms with Gasteiger partial charge in [-0.1, -0.05) is 34.4 Å². The minimum atomic E-state index is 0.165. The minimum absolute atomic E-state index is 0.165. The molecule has 0 saturated heterocycles. The van der Waals surface area contributed by atoms with Gasteiger partial charge in [0, 0.05) is 44.7 Å². The van der Waals surface area contributed by atoms with Gasteiger partial charge in [0.2, 0.25) is 0 Å². The summed E-state index contributed by atoms with van der Waals surface area (Å²) in [5.41, 5.74) is 10.7. The van der Waals surface area contributed by atoms with Crippen molar-refractivity contribution in [3.05, 3.63) is 62.8 Å². The molecule has 1 aromatic carbocycles. The van der Waals surface area contributed by atoms with Crippen molar-refractivity contribution >= 4 is 34.5 Å². The molecule has 0 amide bonds. The van der Waals surface area contributed by atoms with Gasteiger partial charge < -0.3 is 4.40 Å². The second-order valence-electron chi connectivity index (χ2n) is 4.35. The van der Waals surface area contributed by atoms with Gasteiger partial charge in [-0.15, -0.1) is 0 Å². The number of pyridine rings is 1. The van der Waals surface area contributed by atoms with Crippen molar-refractivity contribution in [1.29, 1.82) is 5.26 Å². The first-order valence-corrected chi connectivity index (χ1v) is 6.81. The van der Waals surface area contributed by atoms with Crippen molar-refractivity contribution in [1.82, 2.24) is 9.38 Å². The van der Waals surface area contributed by atoms with Crippen molar-refractivity contribution in [2.24, 2.45) is 5.11 Å². The van der Waals surface area contributed by atoms with Crippen LogP contribution < -0.4 is 0 Å². The van der Waals surface area contributed by atoms with E-state index in [0.29, 0.717) is 26.8 Å². The van der Waals surface area contributed by atoms with Crippen LogP contribution in [0, 0.1) is 11.3 Å². The second kappa shape index (κ2) is 5.58. The number of azide groups is 1. The number of aromatic nitrogens is 2. The molecule has 0 bridgehead atoms. The fourth-order valence-electron chi connectivity index (χ4n) is 2.21. The topological polar surface area (TPSA) is 89.9 Å². The average molecular weight is 329 g/mol. The number of rotatable bonds is 2. The highest BCUT2D eigenvalue weighted by atomic mass is 35.5. The summed E-state index contributed by atoms with van der Waals surface area (Å²) in [6.07, 6.45) is 4.97. The molecule has 3 rings (SSSR count). The highest BCUT2D eigenvalue weighted by Gasteiger charge is 2.17. The molecule has 0 aliphatic heterocycles. The smallest absolute Gasteiger partial charge is 0.147 e. The van der Waals surface area contributed by atoms with Gasteiger partial charge in [-0.2, -0.15) is 5.26 Å². The zero-order valence-corrected chi connectivity index (χ0v) is 12.4. The normalized spacial score (nSPS) is 10.2. The molecule has 0 saturated carbocycles. The molecule has 0 atom stereocenters. The maximum Gasteiger partial charge on any atom is 0.147 e. The quantitative estimate of drug-likeness (QED) is 0.371. The third-order valence-electron chi connectivity index (χ3n) is 3.13. The SMILES string of the molecule is N#Cc1c(-c2ccc(Cl)cc2Cl)cn2ccnc2c1N=[N+]=[N-]. The molecular weight excluding hydrogens is 323 g/mol. The molecule has 8 heteroatoms. The number of halogens is 2. The van der Waals surface area contributed by atoms with Crippen molar-refractivity contribution in [2.75, 3.05) is 0 Å². The predicted octanol–water partition coefficient (Wildman–Crippen LogP) is 5.12. The molecule has 6 nitrogen and oxygen atoms in total. The Morgan fingerprint density at radius 2 is 2.14 bits per heavy atom. The van der Waals surface area contributed by atoms with Gasteiger partial charge in [-0.3, -0.25) is 0 Å². The first-order valence-electron chi connectivity index (χ1n) is 6.06. The average Bonchev–Trinajstić information content (AvgIpc) is 2.95. The zero-order chi connectivity index (χ0) is 15.7. The number of hydrogen-bond acceptors (Lipinski definition) is 3. The Hall–Kier alpha value is -2.71. The summed E-state index contributed by atoms with van der Waals surface area (Å²) in [5, 5.41) is 14.0. The maximum atomic E-state index is 9.49. The number of nitrogens with zero attached hydrogens (tertiary/aromatic N) is 6. The Morgan fingerprint density at radius 1 is 1.32 bits per heavy atom. The van der Waals surface area contributed by atoms with Gasteiger partial charge in [0.1, 0.15) is 11.7 Å². The van der Waals surface area contributed by atoms with Crippen LogP contribution in [0.25, 0.3) is 27.2 Å². The summed E-state index contributed by atoms with van der Waals surface area (Å²) in [4.78, 5) is 6.89. The summed E-state index contributed by atoms with van der Waals surface area (Å²) in [6.45, 7) is 0. The minimum Gasteiger partial charge on any atom is -0.306 e. The van der Waals surface area contributed by atoms with Crippen LogP contribution in [0.2, 0.25) is 10.0 Å². The van der Waals surface area contributed by atoms with Gasteiger partial charge >= 0.3 is 0 Å². The van der Waals surface area contributed by atoms with Crippen LogP contribution in [0.15, 0.2) is 41.9 Å². The lowest BCUT2D eigenvalue weighted by molar-refractivity contribution is 1.17. The summed E-state index contributed by atoms with van der Waals surface area (Å²) in [6, 6.07) is 7.04. The van der Waals surface area contributed by atoms with E-state index >= 15 is 0 Å². The Labute approximate surface area is 134 Å².